The van der Waals surface area contributed by atoms with Crippen LogP contribution in [-0.4, -0.2) is 36.5 Å². The van der Waals surface area contributed by atoms with E-state index >= 15 is 0 Å². The second kappa shape index (κ2) is 11.0. The first-order valence-corrected chi connectivity index (χ1v) is 11.8. The third-order valence-corrected chi connectivity index (χ3v) is 6.03. The number of hydrogen-bond donors (Lipinski definition) is 2. The van der Waals surface area contributed by atoms with Gasteiger partial charge in [0.25, 0.3) is 11.8 Å². The maximum atomic E-state index is 13.1. The van der Waals surface area contributed by atoms with Crippen LogP contribution in [0.25, 0.3) is 0 Å². The van der Waals surface area contributed by atoms with Crippen molar-refractivity contribution in [1.82, 2.24) is 10.2 Å². The first kappa shape index (κ1) is 23.5. The molecule has 0 saturated carbocycles. The van der Waals surface area contributed by atoms with Gasteiger partial charge in [-0.2, -0.15) is 0 Å². The van der Waals surface area contributed by atoms with Gasteiger partial charge in [-0.3, -0.25) is 9.59 Å². The van der Waals surface area contributed by atoms with Crippen molar-refractivity contribution in [3.8, 4) is 0 Å². The van der Waals surface area contributed by atoms with E-state index in [9.17, 15) is 9.59 Å². The van der Waals surface area contributed by atoms with Crippen LogP contribution in [0.3, 0.4) is 0 Å². The minimum absolute atomic E-state index is 0.00943. The first-order chi connectivity index (χ1) is 16.6. The summed E-state index contributed by atoms with van der Waals surface area (Å²) in [5.74, 6) is -0.133. The van der Waals surface area contributed by atoms with Crippen LogP contribution in [0.2, 0.25) is 0 Å². The van der Waals surface area contributed by atoms with Crippen molar-refractivity contribution in [2.75, 3.05) is 25.1 Å². The van der Waals surface area contributed by atoms with Gasteiger partial charge in [0.15, 0.2) is 0 Å². The van der Waals surface area contributed by atoms with Crippen LogP contribution in [-0.2, 0) is 4.74 Å². The molecule has 1 aliphatic heterocycles. The van der Waals surface area contributed by atoms with Gasteiger partial charge < -0.3 is 20.3 Å². The Kier molecular flexibility index (Phi) is 7.60. The molecule has 1 heterocycles. The fourth-order valence-corrected chi connectivity index (χ4v) is 4.25. The molecule has 6 nitrogen and oxygen atoms in total. The molecule has 6 heteroatoms. The van der Waals surface area contributed by atoms with E-state index in [4.69, 9.17) is 4.74 Å². The highest BCUT2D eigenvalue weighted by molar-refractivity contribution is 5.99. The van der Waals surface area contributed by atoms with Gasteiger partial charge in [-0.15, -0.1) is 0 Å². The van der Waals surface area contributed by atoms with E-state index in [1.54, 1.807) is 6.07 Å². The van der Waals surface area contributed by atoms with Crippen LogP contribution in [0.15, 0.2) is 78.9 Å². The highest BCUT2D eigenvalue weighted by Gasteiger charge is 2.36. The molecule has 0 radical (unpaired) electrons. The predicted molar refractivity (Wildman–Crippen MR) is 134 cm³/mol. The van der Waals surface area contributed by atoms with Gasteiger partial charge in [0.2, 0.25) is 0 Å². The zero-order valence-corrected chi connectivity index (χ0v) is 19.7. The zero-order chi connectivity index (χ0) is 23.9. The molecule has 2 unspecified atom stereocenters. The van der Waals surface area contributed by atoms with Crippen molar-refractivity contribution >= 4 is 17.5 Å². The number of carbonyl (C=O) groups excluding carboxylic acids is 2. The Labute approximate surface area is 200 Å². The Balaban J connectivity index is 1.50. The summed E-state index contributed by atoms with van der Waals surface area (Å²) in [4.78, 5) is 27.8. The fraction of sp³-hybridized carbons (Fsp3) is 0.286. The lowest BCUT2D eigenvalue weighted by Gasteiger charge is -2.27. The van der Waals surface area contributed by atoms with Crippen molar-refractivity contribution in [3.05, 3.63) is 101 Å². The van der Waals surface area contributed by atoms with E-state index in [1.165, 1.54) is 0 Å². The Bertz CT molecular complexity index is 1130. The van der Waals surface area contributed by atoms with Crippen LogP contribution < -0.4 is 10.6 Å². The minimum atomic E-state index is -0.299. The number of carbonyl (C=O) groups is 2. The maximum Gasteiger partial charge on any atom is 0.256 e. The number of amides is 2. The van der Waals surface area contributed by atoms with E-state index in [-0.39, 0.29) is 24.0 Å². The van der Waals surface area contributed by atoms with Gasteiger partial charge >= 0.3 is 0 Å². The van der Waals surface area contributed by atoms with E-state index in [0.29, 0.717) is 30.9 Å². The summed E-state index contributed by atoms with van der Waals surface area (Å²) >= 11 is 0. The molecule has 0 spiro atoms. The second-order valence-electron chi connectivity index (χ2n) is 8.37. The van der Waals surface area contributed by atoms with Crippen molar-refractivity contribution < 1.29 is 14.3 Å². The number of anilines is 1. The Hall–Kier alpha value is -3.64. The van der Waals surface area contributed by atoms with Gasteiger partial charge in [-0.05, 0) is 50.1 Å². The number of ether oxygens (including phenoxy) is 1. The van der Waals surface area contributed by atoms with Gasteiger partial charge in [-0.25, -0.2) is 0 Å². The largest absolute Gasteiger partial charge is 0.382 e. The van der Waals surface area contributed by atoms with Gasteiger partial charge in [0.05, 0.1) is 6.04 Å². The predicted octanol–water partition coefficient (Wildman–Crippen LogP) is 5.17. The van der Waals surface area contributed by atoms with Gasteiger partial charge in [-0.1, -0.05) is 54.6 Å². The molecule has 1 aliphatic rings. The molecule has 0 aromatic heterocycles. The van der Waals surface area contributed by atoms with Crippen molar-refractivity contribution in [2.24, 2.45) is 0 Å². The minimum Gasteiger partial charge on any atom is -0.382 e. The van der Waals surface area contributed by atoms with Crippen molar-refractivity contribution in [1.29, 1.82) is 0 Å². The van der Waals surface area contributed by atoms with Crippen molar-refractivity contribution in [3.63, 3.8) is 0 Å². The lowest BCUT2D eigenvalue weighted by atomic mass is 10.1. The third kappa shape index (κ3) is 5.29. The van der Waals surface area contributed by atoms with Crippen molar-refractivity contribution in [2.45, 2.75) is 32.5 Å². The molecule has 2 atom stereocenters. The van der Waals surface area contributed by atoms with E-state index in [0.717, 1.165) is 23.2 Å². The molecule has 34 heavy (non-hydrogen) atoms. The van der Waals surface area contributed by atoms with E-state index < -0.39 is 0 Å². The monoisotopic (exact) mass is 457 g/mol. The molecule has 4 rings (SSSR count). The molecule has 0 fully saturated rings. The van der Waals surface area contributed by atoms with Crippen LogP contribution in [0.5, 0.6) is 0 Å². The smallest absolute Gasteiger partial charge is 0.256 e. The molecule has 2 N–H and O–H groups in total. The molecule has 176 valence electrons. The fourth-order valence-electron chi connectivity index (χ4n) is 4.25. The third-order valence-electron chi connectivity index (χ3n) is 6.03. The lowest BCUT2D eigenvalue weighted by molar-refractivity contribution is 0.0708. The number of rotatable bonds is 10. The first-order valence-electron chi connectivity index (χ1n) is 11.8. The SMILES string of the molecule is CCOCCCN1C(=O)c2ccccc2C1Nc1cccc(C(=O)NC(C)c2ccccc2)c1. The summed E-state index contributed by atoms with van der Waals surface area (Å²) < 4.78 is 5.46. The van der Waals surface area contributed by atoms with Crippen LogP contribution >= 0.6 is 0 Å². The number of nitrogens with one attached hydrogen (secondary N) is 2. The standard InChI is InChI=1S/C28H31N3O3/c1-3-34-18-10-17-31-26(24-15-7-8-16-25(24)28(31)33)30-23-14-9-13-22(19-23)27(32)29-20(2)21-11-5-4-6-12-21/h4-9,11-16,19-20,26,30H,3,10,17-18H2,1-2H3,(H,29,32). The number of nitrogens with zero attached hydrogens (tertiary/aromatic N) is 1. The molecule has 0 aliphatic carbocycles. The topological polar surface area (TPSA) is 70.7 Å². The summed E-state index contributed by atoms with van der Waals surface area (Å²) in [6, 6.07) is 24.8. The van der Waals surface area contributed by atoms with Gasteiger partial charge in [0, 0.05) is 42.1 Å². The zero-order valence-electron chi connectivity index (χ0n) is 19.7. The highest BCUT2D eigenvalue weighted by Crippen LogP contribution is 2.34. The molecule has 0 bridgehead atoms. The van der Waals surface area contributed by atoms with Crippen LogP contribution in [0.1, 0.15) is 64.3 Å². The summed E-state index contributed by atoms with van der Waals surface area (Å²) in [5, 5.41) is 6.54. The molecular weight excluding hydrogens is 426 g/mol. The molecule has 3 aromatic carbocycles. The summed E-state index contributed by atoms with van der Waals surface area (Å²) in [7, 11) is 0. The highest BCUT2D eigenvalue weighted by atomic mass is 16.5. The quantitative estimate of drug-likeness (QED) is 0.412. The molecular formula is C28H31N3O3. The lowest BCUT2D eigenvalue weighted by Crippen LogP contribution is -2.33. The normalized spacial score (nSPS) is 15.6. The van der Waals surface area contributed by atoms with Gasteiger partial charge in [0.1, 0.15) is 6.17 Å². The molecule has 3 aromatic rings. The van der Waals surface area contributed by atoms with Crippen LogP contribution in [0.4, 0.5) is 5.69 Å². The average Bonchev–Trinajstić information content (AvgIpc) is 3.13. The maximum absolute atomic E-state index is 13.1. The van der Waals surface area contributed by atoms with Crippen LogP contribution in [0, 0.1) is 0 Å². The Morgan fingerprint density at radius 2 is 1.79 bits per heavy atom. The number of benzene rings is 3. The number of hydrogen-bond acceptors (Lipinski definition) is 4. The summed E-state index contributed by atoms with van der Waals surface area (Å²) in [6.07, 6.45) is 0.456. The summed E-state index contributed by atoms with van der Waals surface area (Å²) in [6.45, 7) is 5.79. The molecule has 0 saturated heterocycles. The van der Waals surface area contributed by atoms with E-state index in [1.807, 2.05) is 91.5 Å². The second-order valence-corrected chi connectivity index (χ2v) is 8.37. The summed E-state index contributed by atoms with van der Waals surface area (Å²) in [5.41, 5.74) is 4.05. The Morgan fingerprint density at radius 1 is 1.03 bits per heavy atom. The molecule has 2 amide bonds. The average molecular weight is 458 g/mol. The van der Waals surface area contributed by atoms with E-state index in [2.05, 4.69) is 10.6 Å². The number of fused-ring (bicyclic) bond motifs is 1. The Morgan fingerprint density at radius 3 is 2.59 bits per heavy atom.